The van der Waals surface area contributed by atoms with Crippen LogP contribution in [0.25, 0.3) is 6.08 Å². The van der Waals surface area contributed by atoms with Crippen LogP contribution >= 0.6 is 0 Å². The molecule has 2 aliphatic heterocycles. The lowest BCUT2D eigenvalue weighted by Gasteiger charge is -2.19. The van der Waals surface area contributed by atoms with Crippen LogP contribution in [0.5, 0.6) is 17.2 Å². The van der Waals surface area contributed by atoms with Crippen molar-refractivity contribution >= 4 is 22.0 Å². The van der Waals surface area contributed by atoms with Gasteiger partial charge in [-0.2, -0.15) is 4.31 Å². The minimum Gasteiger partial charge on any atom is -0.492 e. The molecule has 0 saturated carbocycles. The largest absolute Gasteiger partial charge is 0.492 e. The molecule has 0 unspecified atom stereocenters. The second-order valence-electron chi connectivity index (χ2n) is 7.88. The third-order valence-corrected chi connectivity index (χ3v) is 7.44. The first kappa shape index (κ1) is 23.1. The molecule has 0 atom stereocenters. The molecule has 1 saturated heterocycles. The van der Waals surface area contributed by atoms with Gasteiger partial charge in [0, 0.05) is 25.2 Å². The lowest BCUT2D eigenvalue weighted by molar-refractivity contribution is -0.116. The summed E-state index contributed by atoms with van der Waals surface area (Å²) in [7, 11) is -3.47. The van der Waals surface area contributed by atoms with Gasteiger partial charge < -0.3 is 19.5 Å². The molecule has 1 N–H and O–H groups in total. The minimum absolute atomic E-state index is 0.207. The summed E-state index contributed by atoms with van der Waals surface area (Å²) in [6, 6.07) is 11.9. The summed E-state index contributed by atoms with van der Waals surface area (Å²) in [4.78, 5) is 12.3. The molecule has 4 rings (SSSR count). The van der Waals surface area contributed by atoms with Crippen LogP contribution in [0.2, 0.25) is 0 Å². The molecule has 0 aromatic heterocycles. The van der Waals surface area contributed by atoms with Gasteiger partial charge in [-0.25, -0.2) is 8.42 Å². The number of carbonyl (C=O) groups is 1. The number of sulfonamides is 1. The lowest BCUT2D eigenvalue weighted by atomic mass is 10.2. The fourth-order valence-corrected chi connectivity index (χ4v) is 5.24. The topological polar surface area (TPSA) is 94.2 Å². The molecule has 8 nitrogen and oxygen atoms in total. The van der Waals surface area contributed by atoms with Crippen LogP contribution < -0.4 is 19.5 Å². The van der Waals surface area contributed by atoms with Gasteiger partial charge >= 0.3 is 0 Å². The van der Waals surface area contributed by atoms with Crippen LogP contribution in [-0.4, -0.2) is 51.7 Å². The van der Waals surface area contributed by atoms with Crippen LogP contribution in [0.3, 0.4) is 0 Å². The molecule has 2 aromatic carbocycles. The number of nitrogens with zero attached hydrogens (tertiary/aromatic N) is 1. The number of amides is 1. The molecule has 1 fully saturated rings. The maximum Gasteiger partial charge on any atom is 0.244 e. The van der Waals surface area contributed by atoms with E-state index in [4.69, 9.17) is 14.2 Å². The van der Waals surface area contributed by atoms with E-state index in [2.05, 4.69) is 5.32 Å². The molecular formula is C24H28N2O6S. The fourth-order valence-electron chi connectivity index (χ4n) is 3.72. The van der Waals surface area contributed by atoms with Gasteiger partial charge in [0.15, 0.2) is 11.5 Å². The Morgan fingerprint density at radius 3 is 2.48 bits per heavy atom. The number of rotatable bonds is 8. The van der Waals surface area contributed by atoms with E-state index < -0.39 is 10.0 Å². The Morgan fingerprint density at radius 1 is 1.00 bits per heavy atom. The van der Waals surface area contributed by atoms with Crippen molar-refractivity contribution in [2.24, 2.45) is 0 Å². The van der Waals surface area contributed by atoms with Crippen LogP contribution in [0, 0.1) is 0 Å². The number of benzene rings is 2. The first-order valence-corrected chi connectivity index (χ1v) is 12.5. The van der Waals surface area contributed by atoms with Gasteiger partial charge in [0.05, 0.1) is 11.4 Å². The highest BCUT2D eigenvalue weighted by Gasteiger charge is 2.24. The van der Waals surface area contributed by atoms with Gasteiger partial charge in [-0.3, -0.25) is 4.79 Å². The Labute approximate surface area is 194 Å². The number of fused-ring (bicyclic) bond motifs is 1. The van der Waals surface area contributed by atoms with Gasteiger partial charge in [-0.05, 0) is 48.7 Å². The summed E-state index contributed by atoms with van der Waals surface area (Å²) in [6.07, 6.45) is 7.01. The summed E-state index contributed by atoms with van der Waals surface area (Å²) in [5, 5.41) is 2.75. The van der Waals surface area contributed by atoms with Gasteiger partial charge in [0.25, 0.3) is 0 Å². The van der Waals surface area contributed by atoms with Gasteiger partial charge in [-0.1, -0.05) is 25.0 Å². The van der Waals surface area contributed by atoms with E-state index in [1.165, 1.54) is 6.08 Å². The van der Waals surface area contributed by atoms with Crippen molar-refractivity contribution in [2.75, 3.05) is 33.0 Å². The first-order valence-electron chi connectivity index (χ1n) is 11.1. The van der Waals surface area contributed by atoms with Crippen molar-refractivity contribution < 1.29 is 27.4 Å². The summed E-state index contributed by atoms with van der Waals surface area (Å²) in [5.74, 6) is 1.71. The van der Waals surface area contributed by atoms with E-state index in [1.807, 2.05) is 0 Å². The van der Waals surface area contributed by atoms with Gasteiger partial charge in [0.2, 0.25) is 22.7 Å². The number of hydrogen-bond donors (Lipinski definition) is 1. The third-order valence-electron chi connectivity index (χ3n) is 5.52. The summed E-state index contributed by atoms with van der Waals surface area (Å²) in [5.41, 5.74) is 0.747. The van der Waals surface area contributed by atoms with E-state index in [0.29, 0.717) is 43.5 Å². The average molecular weight is 473 g/mol. The summed E-state index contributed by atoms with van der Waals surface area (Å²) in [6.45, 7) is 2.00. The SMILES string of the molecule is O=C(C=Cc1ccc(S(=O)(=O)N2CCCCCC2)cc1)NCCOc1ccc2c(c1)OCO2. The van der Waals surface area contributed by atoms with Crippen molar-refractivity contribution in [3.05, 3.63) is 54.1 Å². The average Bonchev–Trinajstić information content (AvgIpc) is 3.11. The molecule has 1 amide bonds. The van der Waals surface area contributed by atoms with Crippen LogP contribution in [0.1, 0.15) is 31.2 Å². The predicted molar refractivity (Wildman–Crippen MR) is 124 cm³/mol. The van der Waals surface area contributed by atoms with Crippen LogP contribution in [-0.2, 0) is 14.8 Å². The maximum absolute atomic E-state index is 12.8. The molecule has 0 aliphatic carbocycles. The molecule has 9 heteroatoms. The summed E-state index contributed by atoms with van der Waals surface area (Å²) < 4.78 is 43.4. The van der Waals surface area contributed by atoms with E-state index in [-0.39, 0.29) is 17.6 Å². The predicted octanol–water partition coefficient (Wildman–Crippen LogP) is 3.19. The molecule has 33 heavy (non-hydrogen) atoms. The molecule has 0 spiro atoms. The second-order valence-corrected chi connectivity index (χ2v) is 9.81. The highest BCUT2D eigenvalue weighted by Crippen LogP contribution is 2.35. The monoisotopic (exact) mass is 472 g/mol. The lowest BCUT2D eigenvalue weighted by Crippen LogP contribution is -2.31. The van der Waals surface area contributed by atoms with Crippen molar-refractivity contribution in [1.82, 2.24) is 9.62 Å². The molecule has 2 aliphatic rings. The Balaban J connectivity index is 1.23. The molecule has 2 aromatic rings. The molecule has 0 radical (unpaired) electrons. The number of carbonyl (C=O) groups excluding carboxylic acids is 1. The normalized spacial score (nSPS) is 16.5. The van der Waals surface area contributed by atoms with Crippen LogP contribution in [0.15, 0.2) is 53.4 Å². The van der Waals surface area contributed by atoms with Gasteiger partial charge in [-0.15, -0.1) is 0 Å². The quantitative estimate of drug-likeness (QED) is 0.469. The number of hydrogen-bond acceptors (Lipinski definition) is 6. The molecule has 0 bridgehead atoms. The Morgan fingerprint density at radius 2 is 1.73 bits per heavy atom. The van der Waals surface area contributed by atoms with E-state index >= 15 is 0 Å². The highest BCUT2D eigenvalue weighted by molar-refractivity contribution is 7.89. The molecule has 176 valence electrons. The molecule has 2 heterocycles. The van der Waals surface area contributed by atoms with Crippen molar-refractivity contribution in [1.29, 1.82) is 0 Å². The minimum atomic E-state index is -3.47. The summed E-state index contributed by atoms with van der Waals surface area (Å²) >= 11 is 0. The van der Waals surface area contributed by atoms with E-state index in [0.717, 1.165) is 31.2 Å². The zero-order chi connectivity index (χ0) is 23.1. The zero-order valence-corrected chi connectivity index (χ0v) is 19.2. The first-order chi connectivity index (χ1) is 16.0. The van der Waals surface area contributed by atoms with Crippen molar-refractivity contribution in [2.45, 2.75) is 30.6 Å². The van der Waals surface area contributed by atoms with Crippen molar-refractivity contribution in [3.63, 3.8) is 0 Å². The standard InChI is InChI=1S/C24H28N2O6S/c27-24(25-13-16-30-20-8-11-22-23(17-20)32-18-31-22)12-7-19-5-9-21(10-6-19)33(28,29)26-14-3-1-2-4-15-26/h5-12,17H,1-4,13-16,18H2,(H,25,27). The fraction of sp³-hybridized carbons (Fsp3) is 0.375. The zero-order valence-electron chi connectivity index (χ0n) is 18.4. The van der Waals surface area contributed by atoms with E-state index in [9.17, 15) is 13.2 Å². The Bertz CT molecular complexity index is 1090. The third kappa shape index (κ3) is 6.06. The maximum atomic E-state index is 12.8. The van der Waals surface area contributed by atoms with Crippen LogP contribution in [0.4, 0.5) is 0 Å². The second kappa shape index (κ2) is 10.7. The molecular weight excluding hydrogens is 444 g/mol. The van der Waals surface area contributed by atoms with Crippen molar-refractivity contribution in [3.8, 4) is 17.2 Å². The number of ether oxygens (including phenoxy) is 3. The smallest absolute Gasteiger partial charge is 0.244 e. The Hall–Kier alpha value is -3.04. The number of nitrogens with one attached hydrogen (secondary N) is 1. The Kier molecular flexibility index (Phi) is 7.51. The highest BCUT2D eigenvalue weighted by atomic mass is 32.2. The van der Waals surface area contributed by atoms with E-state index in [1.54, 1.807) is 52.8 Å². The van der Waals surface area contributed by atoms with Gasteiger partial charge in [0.1, 0.15) is 12.4 Å².